The largest absolute Gasteiger partial charge is 0.367 e. The average molecular weight is 319 g/mol. The highest BCUT2D eigenvalue weighted by Crippen LogP contribution is 2.30. The lowest BCUT2D eigenvalue weighted by Gasteiger charge is -2.19. The number of benzene rings is 2. The summed E-state index contributed by atoms with van der Waals surface area (Å²) in [7, 11) is 0. The molecule has 0 atom stereocenters. The second-order valence-electron chi connectivity index (χ2n) is 4.27. The van der Waals surface area contributed by atoms with Gasteiger partial charge in [-0.05, 0) is 12.1 Å². The van der Waals surface area contributed by atoms with E-state index in [0.717, 1.165) is 24.3 Å². The molecule has 0 aliphatic rings. The van der Waals surface area contributed by atoms with Gasteiger partial charge >= 0.3 is 0 Å². The van der Waals surface area contributed by atoms with Crippen LogP contribution in [0.15, 0.2) is 36.4 Å². The van der Waals surface area contributed by atoms with Crippen LogP contribution in [0.1, 0.15) is 17.2 Å². The lowest BCUT2D eigenvalue weighted by Crippen LogP contribution is -2.12. The van der Waals surface area contributed by atoms with Crippen LogP contribution in [-0.2, 0) is 4.74 Å². The molecular weight excluding hydrogens is 308 g/mol. The number of alkyl halides is 1. The van der Waals surface area contributed by atoms with Crippen molar-refractivity contribution in [2.24, 2.45) is 0 Å². The fraction of sp³-hybridized carbons (Fsp3) is 0.200. The molecule has 0 saturated heterocycles. The fourth-order valence-electron chi connectivity index (χ4n) is 1.94. The van der Waals surface area contributed by atoms with Crippen LogP contribution in [0.2, 0.25) is 0 Å². The minimum absolute atomic E-state index is 0.0276. The Morgan fingerprint density at radius 1 is 0.857 bits per heavy atom. The van der Waals surface area contributed by atoms with Crippen molar-refractivity contribution in [3.8, 4) is 0 Å². The number of rotatable bonds is 5. The van der Waals surface area contributed by atoms with E-state index in [0.29, 0.717) is 12.1 Å². The minimum Gasteiger partial charge on any atom is -0.367 e. The Balaban J connectivity index is 2.46. The molecule has 0 fully saturated rings. The van der Waals surface area contributed by atoms with Crippen molar-refractivity contribution in [3.63, 3.8) is 0 Å². The smallest absolute Gasteiger partial charge is 0.132 e. The summed E-state index contributed by atoms with van der Waals surface area (Å²) < 4.78 is 59.0. The van der Waals surface area contributed by atoms with Gasteiger partial charge in [0.2, 0.25) is 0 Å². The van der Waals surface area contributed by atoms with Gasteiger partial charge in [-0.15, -0.1) is 11.6 Å². The molecular formula is C15H11ClF4O. The van der Waals surface area contributed by atoms with Gasteiger partial charge in [-0.25, -0.2) is 17.6 Å². The monoisotopic (exact) mass is 318 g/mol. The molecule has 112 valence electrons. The van der Waals surface area contributed by atoms with E-state index in [1.54, 1.807) is 0 Å². The van der Waals surface area contributed by atoms with E-state index in [9.17, 15) is 17.6 Å². The molecule has 0 heterocycles. The van der Waals surface area contributed by atoms with Crippen LogP contribution in [-0.4, -0.2) is 12.5 Å². The molecule has 0 amide bonds. The molecule has 21 heavy (non-hydrogen) atoms. The quantitative estimate of drug-likeness (QED) is 0.579. The molecule has 6 heteroatoms. The lowest BCUT2D eigenvalue weighted by molar-refractivity contribution is 0.0874. The van der Waals surface area contributed by atoms with Crippen LogP contribution < -0.4 is 0 Å². The predicted molar refractivity (Wildman–Crippen MR) is 71.2 cm³/mol. The predicted octanol–water partition coefficient (Wildman–Crippen LogP) is 4.59. The summed E-state index contributed by atoms with van der Waals surface area (Å²) >= 11 is 5.52. The molecule has 2 rings (SSSR count). The molecule has 0 aromatic heterocycles. The highest BCUT2D eigenvalue weighted by atomic mass is 35.5. The maximum absolute atomic E-state index is 13.9. The van der Waals surface area contributed by atoms with E-state index >= 15 is 0 Å². The molecule has 0 saturated carbocycles. The topological polar surface area (TPSA) is 9.23 Å². The van der Waals surface area contributed by atoms with Gasteiger partial charge in [0.25, 0.3) is 0 Å². The standard InChI is InChI=1S/C15H11ClF4O/c16-5-6-21-15(11-3-1-9(17)7-13(11)19)12-4-2-10(18)8-14(12)20/h1-4,7-8,15H,5-6H2. The Morgan fingerprint density at radius 3 is 1.71 bits per heavy atom. The van der Waals surface area contributed by atoms with Crippen molar-refractivity contribution in [2.75, 3.05) is 12.5 Å². The van der Waals surface area contributed by atoms with Gasteiger partial charge in [0.05, 0.1) is 6.61 Å². The average Bonchev–Trinajstić information content (AvgIpc) is 2.42. The van der Waals surface area contributed by atoms with Crippen molar-refractivity contribution in [2.45, 2.75) is 6.10 Å². The Labute approximate surface area is 124 Å². The zero-order valence-electron chi connectivity index (χ0n) is 10.8. The Morgan fingerprint density at radius 2 is 1.33 bits per heavy atom. The first-order chi connectivity index (χ1) is 10.0. The van der Waals surface area contributed by atoms with Crippen LogP contribution in [0.5, 0.6) is 0 Å². The number of hydrogen-bond acceptors (Lipinski definition) is 1. The highest BCUT2D eigenvalue weighted by Gasteiger charge is 2.22. The van der Waals surface area contributed by atoms with Crippen molar-refractivity contribution < 1.29 is 22.3 Å². The third-order valence-electron chi connectivity index (χ3n) is 2.85. The van der Waals surface area contributed by atoms with E-state index in [-0.39, 0.29) is 23.6 Å². The normalized spacial score (nSPS) is 11.1. The van der Waals surface area contributed by atoms with E-state index in [2.05, 4.69) is 0 Å². The summed E-state index contributed by atoms with van der Waals surface area (Å²) in [4.78, 5) is 0. The molecule has 0 unspecified atom stereocenters. The first kappa shape index (κ1) is 15.8. The molecule has 0 N–H and O–H groups in total. The Hall–Kier alpha value is -1.59. The maximum Gasteiger partial charge on any atom is 0.132 e. The second kappa shape index (κ2) is 6.91. The number of halogens is 5. The first-order valence-electron chi connectivity index (χ1n) is 6.10. The molecule has 0 bridgehead atoms. The summed E-state index contributed by atoms with van der Waals surface area (Å²) in [5.41, 5.74) is -0.0981. The maximum atomic E-state index is 13.9. The van der Waals surface area contributed by atoms with Crippen LogP contribution >= 0.6 is 11.6 Å². The van der Waals surface area contributed by atoms with E-state index < -0.39 is 29.4 Å². The van der Waals surface area contributed by atoms with Gasteiger partial charge in [-0.1, -0.05) is 12.1 Å². The van der Waals surface area contributed by atoms with E-state index in [1.165, 1.54) is 0 Å². The van der Waals surface area contributed by atoms with Crippen LogP contribution in [0, 0.1) is 23.3 Å². The van der Waals surface area contributed by atoms with Crippen molar-refractivity contribution in [1.29, 1.82) is 0 Å². The summed E-state index contributed by atoms with van der Waals surface area (Å²) in [6.45, 7) is 0.0276. The van der Waals surface area contributed by atoms with Crippen LogP contribution in [0.3, 0.4) is 0 Å². The number of ether oxygens (including phenoxy) is 1. The van der Waals surface area contributed by atoms with Crippen LogP contribution in [0.25, 0.3) is 0 Å². The summed E-state index contributed by atoms with van der Waals surface area (Å²) in [6, 6.07) is 5.74. The molecule has 0 aliphatic heterocycles. The van der Waals surface area contributed by atoms with Crippen molar-refractivity contribution in [3.05, 3.63) is 70.8 Å². The summed E-state index contributed by atoms with van der Waals surface area (Å²) in [6.07, 6.45) is -1.13. The fourth-order valence-corrected chi connectivity index (χ4v) is 2.03. The molecule has 2 aromatic carbocycles. The molecule has 2 aromatic rings. The van der Waals surface area contributed by atoms with Gasteiger partial charge in [0.1, 0.15) is 29.4 Å². The minimum atomic E-state index is -1.13. The molecule has 0 aliphatic carbocycles. The Bertz CT molecular complexity index is 582. The van der Waals surface area contributed by atoms with Gasteiger partial charge < -0.3 is 4.74 Å². The van der Waals surface area contributed by atoms with Crippen LogP contribution in [0.4, 0.5) is 17.6 Å². The molecule has 0 radical (unpaired) electrons. The van der Waals surface area contributed by atoms with Gasteiger partial charge in [-0.2, -0.15) is 0 Å². The summed E-state index contributed by atoms with van der Waals surface area (Å²) in [5.74, 6) is -3.15. The SMILES string of the molecule is Fc1ccc(C(OCCCl)c2ccc(F)cc2F)c(F)c1. The van der Waals surface area contributed by atoms with Crippen molar-refractivity contribution in [1.82, 2.24) is 0 Å². The molecule has 1 nitrogen and oxygen atoms in total. The lowest BCUT2D eigenvalue weighted by atomic mass is 10.00. The van der Waals surface area contributed by atoms with Gasteiger partial charge in [0, 0.05) is 29.1 Å². The van der Waals surface area contributed by atoms with E-state index in [4.69, 9.17) is 16.3 Å². The third-order valence-corrected chi connectivity index (χ3v) is 3.01. The van der Waals surface area contributed by atoms with Gasteiger partial charge in [0.15, 0.2) is 0 Å². The second-order valence-corrected chi connectivity index (χ2v) is 4.65. The van der Waals surface area contributed by atoms with Gasteiger partial charge in [-0.3, -0.25) is 0 Å². The zero-order valence-corrected chi connectivity index (χ0v) is 11.5. The van der Waals surface area contributed by atoms with Crippen molar-refractivity contribution >= 4 is 11.6 Å². The Kier molecular flexibility index (Phi) is 5.20. The third kappa shape index (κ3) is 3.74. The molecule has 0 spiro atoms. The summed E-state index contributed by atoms with van der Waals surface area (Å²) in [5, 5.41) is 0. The number of hydrogen-bond donors (Lipinski definition) is 0. The first-order valence-corrected chi connectivity index (χ1v) is 6.64. The van der Waals surface area contributed by atoms with E-state index in [1.807, 2.05) is 0 Å². The highest BCUT2D eigenvalue weighted by molar-refractivity contribution is 6.17. The zero-order chi connectivity index (χ0) is 15.4.